The largest absolute Gasteiger partial charge is 0.356 e. The Labute approximate surface area is 188 Å². The summed E-state index contributed by atoms with van der Waals surface area (Å²) in [5, 5.41) is 4.38. The average molecular weight is 426 g/mol. The van der Waals surface area contributed by atoms with Gasteiger partial charge in [0.15, 0.2) is 5.82 Å². The minimum Gasteiger partial charge on any atom is -0.356 e. The van der Waals surface area contributed by atoms with Crippen LogP contribution in [0, 0.1) is 0 Å². The van der Waals surface area contributed by atoms with Crippen molar-refractivity contribution in [2.75, 3.05) is 18.0 Å². The molecule has 0 spiro atoms. The van der Waals surface area contributed by atoms with Crippen LogP contribution in [-0.2, 0) is 12.8 Å². The van der Waals surface area contributed by atoms with Crippen LogP contribution in [-0.4, -0.2) is 33.2 Å². The Bertz CT molecular complexity index is 1120. The summed E-state index contributed by atoms with van der Waals surface area (Å²) in [7, 11) is 0. The third-order valence-electron chi connectivity index (χ3n) is 6.03. The van der Waals surface area contributed by atoms with Gasteiger partial charge in [-0.15, -0.1) is 0 Å². The molecule has 1 aliphatic rings. The molecule has 0 radical (unpaired) electrons. The molecule has 1 unspecified atom stereocenters. The zero-order valence-corrected chi connectivity index (χ0v) is 18.1. The molecule has 6 nitrogen and oxygen atoms in total. The minimum atomic E-state index is -0.0512. The smallest absolute Gasteiger partial charge is 0.231 e. The van der Waals surface area contributed by atoms with Crippen molar-refractivity contribution in [1.29, 1.82) is 0 Å². The summed E-state index contributed by atoms with van der Waals surface area (Å²) in [6, 6.07) is 18.4. The number of aromatic nitrogens is 4. The van der Waals surface area contributed by atoms with Gasteiger partial charge in [-0.2, -0.15) is 4.98 Å². The van der Waals surface area contributed by atoms with Crippen molar-refractivity contribution in [3.8, 4) is 0 Å². The molecule has 4 heterocycles. The maximum Gasteiger partial charge on any atom is 0.231 e. The highest BCUT2D eigenvalue weighted by atomic mass is 16.5. The topological polar surface area (TPSA) is 67.9 Å². The minimum absolute atomic E-state index is 0.0512. The van der Waals surface area contributed by atoms with E-state index in [0.29, 0.717) is 18.1 Å². The lowest BCUT2D eigenvalue weighted by atomic mass is 9.92. The van der Waals surface area contributed by atoms with E-state index in [-0.39, 0.29) is 5.92 Å². The van der Waals surface area contributed by atoms with Gasteiger partial charge < -0.3 is 9.42 Å². The van der Waals surface area contributed by atoms with Gasteiger partial charge in [0.25, 0.3) is 0 Å². The SMILES string of the molecule is c1ccc(Cc2nc(C(Cc3cccnc3N3CCCCC3)c3cccnc3)no2)cc1. The van der Waals surface area contributed by atoms with E-state index in [0.717, 1.165) is 36.5 Å². The lowest BCUT2D eigenvalue weighted by Crippen LogP contribution is -2.31. The molecular formula is C26H27N5O. The quantitative estimate of drug-likeness (QED) is 0.423. The van der Waals surface area contributed by atoms with Crippen LogP contribution in [0.4, 0.5) is 5.82 Å². The van der Waals surface area contributed by atoms with Gasteiger partial charge in [0.05, 0.1) is 12.3 Å². The normalized spacial score (nSPS) is 14.9. The summed E-state index contributed by atoms with van der Waals surface area (Å²) in [4.78, 5) is 16.3. The first-order chi connectivity index (χ1) is 15.9. The molecule has 0 saturated carbocycles. The molecule has 3 aromatic heterocycles. The van der Waals surface area contributed by atoms with Crippen molar-refractivity contribution in [3.63, 3.8) is 0 Å². The van der Waals surface area contributed by atoms with Crippen LogP contribution >= 0.6 is 0 Å². The van der Waals surface area contributed by atoms with Crippen LogP contribution in [0.2, 0.25) is 0 Å². The first-order valence-electron chi connectivity index (χ1n) is 11.3. The van der Waals surface area contributed by atoms with Gasteiger partial charge in [-0.05, 0) is 54.5 Å². The number of piperidine rings is 1. The number of pyridine rings is 2. The van der Waals surface area contributed by atoms with Gasteiger partial charge >= 0.3 is 0 Å². The molecule has 0 N–H and O–H groups in total. The highest BCUT2D eigenvalue weighted by Gasteiger charge is 2.24. The Morgan fingerprint density at radius 2 is 1.75 bits per heavy atom. The molecular weight excluding hydrogens is 398 g/mol. The molecule has 32 heavy (non-hydrogen) atoms. The number of benzene rings is 1. The van der Waals surface area contributed by atoms with E-state index >= 15 is 0 Å². The lowest BCUT2D eigenvalue weighted by Gasteiger charge is -2.30. The standard InChI is InChI=1S/C26H27N5O/c1-3-9-20(10-4-1)17-24-29-25(30-32-24)23(22-12-7-13-27-19-22)18-21-11-8-14-28-26(21)31-15-5-2-6-16-31/h1,3-4,7-14,19,23H,2,5-6,15-18H2. The summed E-state index contributed by atoms with van der Waals surface area (Å²) < 4.78 is 5.65. The number of hydrogen-bond donors (Lipinski definition) is 0. The number of rotatable bonds is 7. The van der Waals surface area contributed by atoms with Crippen molar-refractivity contribution < 1.29 is 4.52 Å². The Morgan fingerprint density at radius 1 is 0.906 bits per heavy atom. The second-order valence-electron chi connectivity index (χ2n) is 8.29. The van der Waals surface area contributed by atoms with Gasteiger partial charge in [-0.3, -0.25) is 4.98 Å². The molecule has 1 atom stereocenters. The van der Waals surface area contributed by atoms with E-state index in [2.05, 4.69) is 39.3 Å². The van der Waals surface area contributed by atoms with Gasteiger partial charge in [0, 0.05) is 31.7 Å². The third kappa shape index (κ3) is 4.69. The van der Waals surface area contributed by atoms with Crippen LogP contribution in [0.5, 0.6) is 0 Å². The first kappa shape index (κ1) is 20.4. The van der Waals surface area contributed by atoms with Crippen LogP contribution in [0.25, 0.3) is 0 Å². The molecule has 1 aromatic carbocycles. The molecule has 1 aliphatic heterocycles. The fraction of sp³-hybridized carbons (Fsp3) is 0.308. The number of hydrogen-bond acceptors (Lipinski definition) is 6. The predicted molar refractivity (Wildman–Crippen MR) is 124 cm³/mol. The van der Waals surface area contributed by atoms with E-state index in [1.54, 1.807) is 6.20 Å². The molecule has 0 amide bonds. The maximum absolute atomic E-state index is 5.65. The Morgan fingerprint density at radius 3 is 2.56 bits per heavy atom. The summed E-state index contributed by atoms with van der Waals surface area (Å²) in [6.07, 6.45) is 10.7. The van der Waals surface area contributed by atoms with Crippen molar-refractivity contribution in [3.05, 3.63) is 102 Å². The Hall–Kier alpha value is -3.54. The Balaban J connectivity index is 1.45. The zero-order chi connectivity index (χ0) is 21.6. The summed E-state index contributed by atoms with van der Waals surface area (Å²) in [5.41, 5.74) is 3.44. The summed E-state index contributed by atoms with van der Waals surface area (Å²) >= 11 is 0. The Kier molecular flexibility index (Phi) is 6.19. The fourth-order valence-electron chi connectivity index (χ4n) is 4.39. The highest BCUT2D eigenvalue weighted by Crippen LogP contribution is 2.31. The predicted octanol–water partition coefficient (Wildman–Crippen LogP) is 4.82. The second-order valence-corrected chi connectivity index (χ2v) is 8.29. The second kappa shape index (κ2) is 9.73. The monoisotopic (exact) mass is 425 g/mol. The van der Waals surface area contributed by atoms with Gasteiger partial charge in [0.1, 0.15) is 5.82 Å². The van der Waals surface area contributed by atoms with E-state index in [9.17, 15) is 0 Å². The van der Waals surface area contributed by atoms with Gasteiger partial charge in [0.2, 0.25) is 5.89 Å². The summed E-state index contributed by atoms with van der Waals surface area (Å²) in [6.45, 7) is 2.12. The van der Waals surface area contributed by atoms with E-state index in [1.165, 1.54) is 24.8 Å². The highest BCUT2D eigenvalue weighted by molar-refractivity contribution is 5.48. The van der Waals surface area contributed by atoms with Crippen molar-refractivity contribution in [2.45, 2.75) is 38.0 Å². The van der Waals surface area contributed by atoms with E-state index in [1.807, 2.05) is 42.7 Å². The molecule has 162 valence electrons. The molecule has 1 saturated heterocycles. The lowest BCUT2D eigenvalue weighted by molar-refractivity contribution is 0.377. The third-order valence-corrected chi connectivity index (χ3v) is 6.03. The number of nitrogens with zero attached hydrogens (tertiary/aromatic N) is 5. The molecule has 6 heteroatoms. The van der Waals surface area contributed by atoms with Crippen molar-refractivity contribution >= 4 is 5.82 Å². The summed E-state index contributed by atoms with van der Waals surface area (Å²) in [5.74, 6) is 2.35. The van der Waals surface area contributed by atoms with Crippen molar-refractivity contribution in [2.24, 2.45) is 0 Å². The molecule has 0 aliphatic carbocycles. The van der Waals surface area contributed by atoms with Gasteiger partial charge in [-0.25, -0.2) is 4.98 Å². The van der Waals surface area contributed by atoms with E-state index in [4.69, 9.17) is 14.5 Å². The first-order valence-corrected chi connectivity index (χ1v) is 11.3. The molecule has 5 rings (SSSR count). The molecule has 0 bridgehead atoms. The molecule has 4 aromatic rings. The van der Waals surface area contributed by atoms with Crippen LogP contribution in [0.15, 0.2) is 77.7 Å². The number of anilines is 1. The van der Waals surface area contributed by atoms with E-state index < -0.39 is 0 Å². The van der Waals surface area contributed by atoms with Gasteiger partial charge in [-0.1, -0.05) is 47.6 Å². The zero-order valence-electron chi connectivity index (χ0n) is 18.1. The van der Waals surface area contributed by atoms with Crippen LogP contribution in [0.3, 0.4) is 0 Å². The fourth-order valence-corrected chi connectivity index (χ4v) is 4.39. The van der Waals surface area contributed by atoms with Crippen LogP contribution < -0.4 is 4.90 Å². The van der Waals surface area contributed by atoms with Crippen LogP contribution in [0.1, 0.15) is 53.6 Å². The average Bonchev–Trinajstić information content (AvgIpc) is 3.32. The molecule has 1 fully saturated rings. The van der Waals surface area contributed by atoms with Crippen molar-refractivity contribution in [1.82, 2.24) is 20.1 Å². The maximum atomic E-state index is 5.65.